The zero-order chi connectivity index (χ0) is 11.5. The number of nitrogens with zero attached hydrogens (tertiary/aromatic N) is 2. The van der Waals surface area contributed by atoms with Gasteiger partial charge < -0.3 is 5.73 Å². The number of hydrogen-bond acceptors (Lipinski definition) is 3. The predicted molar refractivity (Wildman–Crippen MR) is 67.2 cm³/mol. The minimum absolute atomic E-state index is 0.306. The lowest BCUT2D eigenvalue weighted by Gasteiger charge is -2.11. The normalized spacial score (nSPS) is 12.4. The maximum atomic E-state index is 6.06. The maximum Gasteiger partial charge on any atom is 0.0799 e. The van der Waals surface area contributed by atoms with Crippen LogP contribution >= 0.6 is 27.5 Å². The van der Waals surface area contributed by atoms with Crippen LogP contribution in [0.25, 0.3) is 0 Å². The zero-order valence-electron chi connectivity index (χ0n) is 8.27. The van der Waals surface area contributed by atoms with Crippen LogP contribution in [-0.4, -0.2) is 9.97 Å². The molecule has 5 heteroatoms. The second-order valence-electron chi connectivity index (χ2n) is 3.28. The third-order valence-electron chi connectivity index (χ3n) is 2.20. The van der Waals surface area contributed by atoms with Gasteiger partial charge >= 0.3 is 0 Å². The van der Waals surface area contributed by atoms with Crippen LogP contribution in [0.4, 0.5) is 0 Å². The van der Waals surface area contributed by atoms with E-state index in [0.717, 1.165) is 15.7 Å². The summed E-state index contributed by atoms with van der Waals surface area (Å²) in [5.74, 6) is 0. The summed E-state index contributed by atoms with van der Waals surface area (Å²) in [7, 11) is 0. The van der Waals surface area contributed by atoms with E-state index in [-0.39, 0.29) is 6.04 Å². The SMILES string of the molecule is NC(c1ccc(Br)c(Cl)c1)c1cnccn1. The van der Waals surface area contributed by atoms with E-state index < -0.39 is 0 Å². The molecule has 2 rings (SSSR count). The Hall–Kier alpha value is -0.970. The van der Waals surface area contributed by atoms with Crippen molar-refractivity contribution in [1.82, 2.24) is 9.97 Å². The van der Waals surface area contributed by atoms with Crippen molar-refractivity contribution in [1.29, 1.82) is 0 Å². The molecule has 0 saturated heterocycles. The molecule has 1 unspecified atom stereocenters. The van der Waals surface area contributed by atoms with Crippen LogP contribution in [0.15, 0.2) is 41.3 Å². The number of aromatic nitrogens is 2. The van der Waals surface area contributed by atoms with Gasteiger partial charge in [0, 0.05) is 16.9 Å². The Morgan fingerprint density at radius 3 is 2.75 bits per heavy atom. The summed E-state index contributed by atoms with van der Waals surface area (Å²) < 4.78 is 0.851. The molecule has 0 aliphatic rings. The number of rotatable bonds is 2. The Balaban J connectivity index is 2.34. The van der Waals surface area contributed by atoms with Gasteiger partial charge in [0.1, 0.15) is 0 Å². The van der Waals surface area contributed by atoms with Crippen molar-refractivity contribution in [3.05, 3.63) is 57.5 Å². The highest BCUT2D eigenvalue weighted by molar-refractivity contribution is 9.10. The average Bonchev–Trinajstić information content (AvgIpc) is 2.33. The van der Waals surface area contributed by atoms with Crippen molar-refractivity contribution in [3.63, 3.8) is 0 Å². The molecular formula is C11H9BrClN3. The van der Waals surface area contributed by atoms with E-state index in [0.29, 0.717) is 5.02 Å². The molecule has 0 aliphatic carbocycles. The summed E-state index contributed by atoms with van der Waals surface area (Å²) in [5, 5.41) is 0.636. The van der Waals surface area contributed by atoms with E-state index >= 15 is 0 Å². The van der Waals surface area contributed by atoms with Crippen LogP contribution in [0.3, 0.4) is 0 Å². The van der Waals surface area contributed by atoms with Gasteiger partial charge in [0.15, 0.2) is 0 Å². The molecule has 82 valence electrons. The number of benzene rings is 1. The Labute approximate surface area is 107 Å². The molecule has 0 amide bonds. The van der Waals surface area contributed by atoms with Crippen LogP contribution in [0.5, 0.6) is 0 Å². The maximum absolute atomic E-state index is 6.06. The molecule has 0 spiro atoms. The number of hydrogen-bond donors (Lipinski definition) is 1. The minimum Gasteiger partial charge on any atom is -0.319 e. The van der Waals surface area contributed by atoms with Crippen molar-refractivity contribution in [2.45, 2.75) is 6.04 Å². The largest absolute Gasteiger partial charge is 0.319 e. The summed E-state index contributed by atoms with van der Waals surface area (Å²) >= 11 is 9.34. The molecule has 2 aromatic rings. The number of halogens is 2. The van der Waals surface area contributed by atoms with Crippen LogP contribution < -0.4 is 5.73 Å². The second-order valence-corrected chi connectivity index (χ2v) is 4.54. The van der Waals surface area contributed by atoms with Crippen LogP contribution in [-0.2, 0) is 0 Å². The summed E-state index contributed by atoms with van der Waals surface area (Å²) in [4.78, 5) is 8.15. The van der Waals surface area contributed by atoms with Gasteiger partial charge in [0.25, 0.3) is 0 Å². The fourth-order valence-corrected chi connectivity index (χ4v) is 1.78. The van der Waals surface area contributed by atoms with Gasteiger partial charge in [0.2, 0.25) is 0 Å². The van der Waals surface area contributed by atoms with Crippen molar-refractivity contribution in [2.75, 3.05) is 0 Å². The topological polar surface area (TPSA) is 51.8 Å². The smallest absolute Gasteiger partial charge is 0.0799 e. The second kappa shape index (κ2) is 4.91. The molecule has 0 saturated carbocycles. The highest BCUT2D eigenvalue weighted by atomic mass is 79.9. The van der Waals surface area contributed by atoms with Gasteiger partial charge in [-0.05, 0) is 33.6 Å². The van der Waals surface area contributed by atoms with Gasteiger partial charge in [-0.3, -0.25) is 9.97 Å². The fourth-order valence-electron chi connectivity index (χ4n) is 1.35. The Kier molecular flexibility index (Phi) is 3.53. The molecule has 3 nitrogen and oxygen atoms in total. The van der Waals surface area contributed by atoms with Crippen molar-refractivity contribution in [3.8, 4) is 0 Å². The minimum atomic E-state index is -0.306. The highest BCUT2D eigenvalue weighted by Crippen LogP contribution is 2.26. The Morgan fingerprint density at radius 1 is 1.31 bits per heavy atom. The first-order valence-corrected chi connectivity index (χ1v) is 5.82. The van der Waals surface area contributed by atoms with Gasteiger partial charge in [0.05, 0.1) is 23.0 Å². The van der Waals surface area contributed by atoms with E-state index in [1.807, 2.05) is 18.2 Å². The Morgan fingerprint density at radius 2 is 2.12 bits per heavy atom. The molecule has 0 aliphatic heterocycles. The molecule has 16 heavy (non-hydrogen) atoms. The molecule has 1 aromatic heterocycles. The lowest BCUT2D eigenvalue weighted by Crippen LogP contribution is -2.13. The van der Waals surface area contributed by atoms with E-state index in [1.165, 1.54) is 0 Å². The van der Waals surface area contributed by atoms with Gasteiger partial charge in [-0.2, -0.15) is 0 Å². The highest BCUT2D eigenvalue weighted by Gasteiger charge is 2.11. The van der Waals surface area contributed by atoms with Crippen LogP contribution in [0.2, 0.25) is 5.02 Å². The van der Waals surface area contributed by atoms with Crippen molar-refractivity contribution < 1.29 is 0 Å². The van der Waals surface area contributed by atoms with Crippen LogP contribution in [0.1, 0.15) is 17.3 Å². The van der Waals surface area contributed by atoms with Gasteiger partial charge in [-0.15, -0.1) is 0 Å². The van der Waals surface area contributed by atoms with Gasteiger partial charge in [-0.25, -0.2) is 0 Å². The number of nitrogens with two attached hydrogens (primary N) is 1. The fraction of sp³-hybridized carbons (Fsp3) is 0.0909. The van der Waals surface area contributed by atoms with Crippen molar-refractivity contribution in [2.24, 2.45) is 5.73 Å². The van der Waals surface area contributed by atoms with E-state index in [4.69, 9.17) is 17.3 Å². The predicted octanol–water partition coefficient (Wildman–Crippen LogP) is 2.94. The third kappa shape index (κ3) is 2.40. The van der Waals surface area contributed by atoms with Crippen molar-refractivity contribution >= 4 is 27.5 Å². The molecule has 0 fully saturated rings. The third-order valence-corrected chi connectivity index (χ3v) is 3.44. The first-order chi connectivity index (χ1) is 7.68. The van der Waals surface area contributed by atoms with E-state index in [9.17, 15) is 0 Å². The zero-order valence-corrected chi connectivity index (χ0v) is 10.6. The molecule has 0 radical (unpaired) electrons. The van der Waals surface area contributed by atoms with E-state index in [1.54, 1.807) is 18.6 Å². The molecule has 1 aromatic carbocycles. The van der Waals surface area contributed by atoms with Crippen LogP contribution in [0, 0.1) is 0 Å². The summed E-state index contributed by atoms with van der Waals surface area (Å²) in [5.41, 5.74) is 7.69. The lowest BCUT2D eigenvalue weighted by atomic mass is 10.1. The summed E-state index contributed by atoms with van der Waals surface area (Å²) in [6.45, 7) is 0. The van der Waals surface area contributed by atoms with Gasteiger partial charge in [-0.1, -0.05) is 17.7 Å². The average molecular weight is 299 g/mol. The molecule has 0 bridgehead atoms. The lowest BCUT2D eigenvalue weighted by molar-refractivity contribution is 0.817. The standard InChI is InChI=1S/C11H9BrClN3/c12-8-2-1-7(5-9(8)13)11(14)10-6-15-3-4-16-10/h1-6,11H,14H2. The first-order valence-electron chi connectivity index (χ1n) is 4.65. The monoisotopic (exact) mass is 297 g/mol. The molecule has 1 heterocycles. The van der Waals surface area contributed by atoms with E-state index in [2.05, 4.69) is 25.9 Å². The quantitative estimate of drug-likeness (QED) is 0.927. The molecule has 2 N–H and O–H groups in total. The summed E-state index contributed by atoms with van der Waals surface area (Å²) in [6.07, 6.45) is 4.89. The Bertz CT molecular complexity index is 490. The first kappa shape index (κ1) is 11.5. The summed E-state index contributed by atoms with van der Waals surface area (Å²) in [6, 6.07) is 5.30. The molecule has 1 atom stereocenters. The molecular weight excluding hydrogens is 289 g/mol.